The summed E-state index contributed by atoms with van der Waals surface area (Å²) in [5.74, 6) is 0.266. The molecule has 0 saturated heterocycles. The summed E-state index contributed by atoms with van der Waals surface area (Å²) in [4.78, 5) is 15.7. The van der Waals surface area contributed by atoms with Gasteiger partial charge >= 0.3 is 6.18 Å². The summed E-state index contributed by atoms with van der Waals surface area (Å²) >= 11 is 0. The molecule has 0 aliphatic heterocycles. The molecule has 0 aliphatic rings. The van der Waals surface area contributed by atoms with Crippen molar-refractivity contribution in [1.82, 2.24) is 10.3 Å². The second-order valence-electron chi connectivity index (χ2n) is 4.28. The van der Waals surface area contributed by atoms with E-state index in [4.69, 9.17) is 0 Å². The summed E-state index contributed by atoms with van der Waals surface area (Å²) in [6.45, 7) is 1.30. The smallest absolute Gasteiger partial charge is 0.370 e. The average Bonchev–Trinajstić information content (AvgIpc) is 2.44. The predicted molar refractivity (Wildman–Crippen MR) is 72.2 cm³/mol. The van der Waals surface area contributed by atoms with Crippen molar-refractivity contribution in [1.29, 1.82) is 0 Å². The van der Waals surface area contributed by atoms with E-state index in [1.165, 1.54) is 6.20 Å². The van der Waals surface area contributed by atoms with E-state index in [1.807, 2.05) is 6.92 Å². The van der Waals surface area contributed by atoms with Crippen molar-refractivity contribution in [2.24, 2.45) is 0 Å². The number of rotatable bonds is 8. The number of alkyl halides is 3. The van der Waals surface area contributed by atoms with E-state index < -0.39 is 18.7 Å². The van der Waals surface area contributed by atoms with Gasteiger partial charge in [-0.2, -0.15) is 13.2 Å². The molecule has 1 heterocycles. The molecule has 0 unspecified atom stereocenters. The van der Waals surface area contributed by atoms with Gasteiger partial charge in [-0.1, -0.05) is 6.92 Å². The van der Waals surface area contributed by atoms with Gasteiger partial charge in [0.1, 0.15) is 12.4 Å². The molecule has 0 aromatic carbocycles. The number of amides is 1. The maximum absolute atomic E-state index is 11.8. The van der Waals surface area contributed by atoms with Gasteiger partial charge in [0, 0.05) is 19.3 Å². The molecule has 1 rings (SSSR count). The Morgan fingerprint density at radius 3 is 2.67 bits per heavy atom. The van der Waals surface area contributed by atoms with E-state index in [1.54, 1.807) is 12.1 Å². The zero-order valence-electron chi connectivity index (χ0n) is 11.7. The second-order valence-corrected chi connectivity index (χ2v) is 4.28. The van der Waals surface area contributed by atoms with Gasteiger partial charge in [0.2, 0.25) is 0 Å². The zero-order chi connectivity index (χ0) is 15.7. The molecule has 2 N–H and O–H groups in total. The van der Waals surface area contributed by atoms with Gasteiger partial charge in [0.05, 0.1) is 12.2 Å². The van der Waals surface area contributed by atoms with E-state index in [0.717, 1.165) is 13.0 Å². The number of carbonyl (C=O) groups is 1. The molecule has 8 heteroatoms. The van der Waals surface area contributed by atoms with Gasteiger partial charge in [0.15, 0.2) is 0 Å². The first-order chi connectivity index (χ1) is 9.92. The third-order valence-electron chi connectivity index (χ3n) is 2.38. The molecule has 5 nitrogen and oxygen atoms in total. The van der Waals surface area contributed by atoms with Gasteiger partial charge in [-0.05, 0) is 18.6 Å². The van der Waals surface area contributed by atoms with Crippen molar-refractivity contribution in [3.05, 3.63) is 23.9 Å². The fourth-order valence-electron chi connectivity index (χ4n) is 1.41. The second kappa shape index (κ2) is 8.46. The Kier molecular flexibility index (Phi) is 6.93. The minimum atomic E-state index is -4.35. The zero-order valence-corrected chi connectivity index (χ0v) is 11.7. The number of ether oxygens (including phenoxy) is 1. The average molecular weight is 305 g/mol. The summed E-state index contributed by atoms with van der Waals surface area (Å²) in [6.07, 6.45) is -1.99. The van der Waals surface area contributed by atoms with Gasteiger partial charge in [-0.25, -0.2) is 4.98 Å². The van der Waals surface area contributed by atoms with E-state index in [2.05, 4.69) is 20.4 Å². The number of hydrogen-bond donors (Lipinski definition) is 2. The quantitative estimate of drug-likeness (QED) is 0.723. The Hall–Kier alpha value is -1.83. The van der Waals surface area contributed by atoms with Crippen molar-refractivity contribution in [2.75, 3.05) is 31.6 Å². The Balaban J connectivity index is 2.28. The molecule has 1 aromatic rings. The fraction of sp³-hybridized carbons (Fsp3) is 0.538. The minimum Gasteiger partial charge on any atom is -0.370 e. The first kappa shape index (κ1) is 17.2. The van der Waals surface area contributed by atoms with Gasteiger partial charge < -0.3 is 15.4 Å². The minimum absolute atomic E-state index is 0.00471. The number of pyridine rings is 1. The molecular formula is C13H18F3N3O2. The molecule has 0 radical (unpaired) electrons. The number of hydrogen-bond acceptors (Lipinski definition) is 4. The number of halogens is 3. The van der Waals surface area contributed by atoms with Crippen LogP contribution in [0.2, 0.25) is 0 Å². The molecule has 0 fully saturated rings. The van der Waals surface area contributed by atoms with Crippen LogP contribution in [0.1, 0.15) is 23.7 Å². The Bertz CT molecular complexity index is 435. The lowest BCUT2D eigenvalue weighted by Crippen LogP contribution is -2.29. The fourth-order valence-corrected chi connectivity index (χ4v) is 1.41. The molecule has 0 saturated carbocycles. The lowest BCUT2D eigenvalue weighted by Gasteiger charge is -2.09. The number of carbonyl (C=O) groups excluding carboxylic acids is 1. The topological polar surface area (TPSA) is 63.2 Å². The summed E-state index contributed by atoms with van der Waals surface area (Å²) in [5, 5.41) is 5.52. The van der Waals surface area contributed by atoms with Crippen LogP contribution in [0.25, 0.3) is 0 Å². The first-order valence-corrected chi connectivity index (χ1v) is 6.55. The van der Waals surface area contributed by atoms with Crippen molar-refractivity contribution in [3.63, 3.8) is 0 Å². The number of nitrogens with zero attached hydrogens (tertiary/aromatic N) is 1. The molecule has 118 valence electrons. The van der Waals surface area contributed by atoms with Crippen LogP contribution in [0.5, 0.6) is 0 Å². The van der Waals surface area contributed by atoms with Crippen LogP contribution in [-0.2, 0) is 4.74 Å². The number of nitrogens with one attached hydrogen (secondary N) is 2. The van der Waals surface area contributed by atoms with Crippen LogP contribution < -0.4 is 10.6 Å². The predicted octanol–water partition coefficient (Wildman–Crippen LogP) is 2.21. The maximum Gasteiger partial charge on any atom is 0.411 e. The summed E-state index contributed by atoms with van der Waals surface area (Å²) in [5.41, 5.74) is 0.341. The summed E-state index contributed by atoms with van der Waals surface area (Å²) in [7, 11) is 0. The Labute approximate surface area is 120 Å². The van der Waals surface area contributed by atoms with Crippen LogP contribution in [0, 0.1) is 0 Å². The number of aromatic nitrogens is 1. The monoisotopic (exact) mass is 305 g/mol. The molecule has 0 atom stereocenters. The summed E-state index contributed by atoms with van der Waals surface area (Å²) in [6, 6.07) is 3.27. The Morgan fingerprint density at radius 2 is 2.10 bits per heavy atom. The molecule has 1 amide bonds. The first-order valence-electron chi connectivity index (χ1n) is 6.55. The van der Waals surface area contributed by atoms with Crippen LogP contribution in [0.3, 0.4) is 0 Å². The van der Waals surface area contributed by atoms with Crippen molar-refractivity contribution < 1.29 is 22.7 Å². The molecule has 0 aliphatic carbocycles. The third-order valence-corrected chi connectivity index (χ3v) is 2.38. The van der Waals surface area contributed by atoms with Crippen LogP contribution in [0.15, 0.2) is 18.3 Å². The van der Waals surface area contributed by atoms with E-state index in [9.17, 15) is 18.0 Å². The van der Waals surface area contributed by atoms with Crippen LogP contribution in [0.4, 0.5) is 19.0 Å². The third kappa shape index (κ3) is 7.50. The normalized spacial score (nSPS) is 11.2. The van der Waals surface area contributed by atoms with Crippen molar-refractivity contribution in [2.45, 2.75) is 19.5 Å². The standard InChI is InChI=1S/C13H18F3N3O2/c1-2-5-17-11-4-3-10(8-19-11)12(20)18-6-7-21-9-13(14,15)16/h3-4,8H,2,5-7,9H2,1H3,(H,17,19)(H,18,20). The molecule has 1 aromatic heterocycles. The van der Waals surface area contributed by atoms with E-state index in [-0.39, 0.29) is 13.2 Å². The van der Waals surface area contributed by atoms with E-state index >= 15 is 0 Å². The van der Waals surface area contributed by atoms with Gasteiger partial charge in [-0.3, -0.25) is 4.79 Å². The molecule has 0 spiro atoms. The highest BCUT2D eigenvalue weighted by molar-refractivity contribution is 5.94. The highest BCUT2D eigenvalue weighted by Crippen LogP contribution is 2.14. The number of anilines is 1. The van der Waals surface area contributed by atoms with Crippen molar-refractivity contribution >= 4 is 11.7 Å². The highest BCUT2D eigenvalue weighted by atomic mass is 19.4. The van der Waals surface area contributed by atoms with Crippen LogP contribution in [-0.4, -0.2) is 43.4 Å². The lowest BCUT2D eigenvalue weighted by atomic mass is 10.2. The highest BCUT2D eigenvalue weighted by Gasteiger charge is 2.27. The Morgan fingerprint density at radius 1 is 1.33 bits per heavy atom. The molecular weight excluding hydrogens is 287 g/mol. The van der Waals surface area contributed by atoms with Gasteiger partial charge in [-0.15, -0.1) is 0 Å². The lowest BCUT2D eigenvalue weighted by molar-refractivity contribution is -0.173. The maximum atomic E-state index is 11.8. The van der Waals surface area contributed by atoms with E-state index in [0.29, 0.717) is 11.4 Å². The van der Waals surface area contributed by atoms with Crippen molar-refractivity contribution in [3.8, 4) is 0 Å². The SMILES string of the molecule is CCCNc1ccc(C(=O)NCCOCC(F)(F)F)cn1. The molecule has 21 heavy (non-hydrogen) atoms. The van der Waals surface area contributed by atoms with Crippen LogP contribution >= 0.6 is 0 Å². The largest absolute Gasteiger partial charge is 0.411 e. The molecule has 0 bridgehead atoms. The summed E-state index contributed by atoms with van der Waals surface area (Å²) < 4.78 is 39.8. The van der Waals surface area contributed by atoms with Gasteiger partial charge in [0.25, 0.3) is 5.91 Å².